The van der Waals surface area contributed by atoms with E-state index in [9.17, 15) is 4.79 Å². The van der Waals surface area contributed by atoms with Crippen molar-refractivity contribution in [3.8, 4) is 5.75 Å². The maximum Gasteiger partial charge on any atom is 0.220 e. The zero-order valence-electron chi connectivity index (χ0n) is 15.1. The Hall–Kier alpha value is -2.29. The maximum atomic E-state index is 12.1. The summed E-state index contributed by atoms with van der Waals surface area (Å²) in [6.07, 6.45) is 1.18. The first-order chi connectivity index (χ1) is 11.5. The molecule has 2 aromatic carbocycles. The molecule has 0 radical (unpaired) electrons. The van der Waals surface area contributed by atoms with Gasteiger partial charge in [0.1, 0.15) is 5.75 Å². The van der Waals surface area contributed by atoms with Crippen LogP contribution in [-0.4, -0.2) is 12.5 Å². The van der Waals surface area contributed by atoms with E-state index in [0.29, 0.717) is 19.4 Å². The van der Waals surface area contributed by atoms with E-state index in [2.05, 4.69) is 37.4 Å². The van der Waals surface area contributed by atoms with Gasteiger partial charge in [-0.15, -0.1) is 0 Å². The van der Waals surface area contributed by atoms with Crippen molar-refractivity contribution in [1.82, 2.24) is 5.32 Å². The molecule has 1 atom stereocenters. The molecule has 1 N–H and O–H groups in total. The van der Waals surface area contributed by atoms with Crippen molar-refractivity contribution < 1.29 is 9.53 Å². The van der Waals surface area contributed by atoms with E-state index >= 15 is 0 Å². The van der Waals surface area contributed by atoms with E-state index in [4.69, 9.17) is 4.74 Å². The summed E-state index contributed by atoms with van der Waals surface area (Å²) >= 11 is 0. The topological polar surface area (TPSA) is 38.3 Å². The molecule has 0 spiro atoms. The Labute approximate surface area is 145 Å². The molecule has 0 saturated carbocycles. The lowest BCUT2D eigenvalue weighted by atomic mass is 10.00. The zero-order chi connectivity index (χ0) is 17.5. The molecule has 2 rings (SSSR count). The molecular formula is C21H27NO2. The average Bonchev–Trinajstić information content (AvgIpc) is 2.55. The Bertz CT molecular complexity index is 677. The van der Waals surface area contributed by atoms with Crippen LogP contribution in [0.2, 0.25) is 0 Å². The van der Waals surface area contributed by atoms with Gasteiger partial charge in [0.15, 0.2) is 0 Å². The highest BCUT2D eigenvalue weighted by molar-refractivity contribution is 5.76. The standard InChI is InChI=1S/C21H27NO2/c1-15-8-11-19(12-9-15)24-13-5-6-21(23)22-18(4)20-14-16(2)7-10-17(20)3/h7-12,14,18H,5-6,13H2,1-4H3,(H,22,23)/t18-/m0/s1. The van der Waals surface area contributed by atoms with Gasteiger partial charge in [0.2, 0.25) is 5.91 Å². The van der Waals surface area contributed by atoms with Gasteiger partial charge in [0.05, 0.1) is 12.6 Å². The Morgan fingerprint density at radius 1 is 1.04 bits per heavy atom. The zero-order valence-corrected chi connectivity index (χ0v) is 15.1. The highest BCUT2D eigenvalue weighted by Crippen LogP contribution is 2.19. The molecule has 0 aliphatic rings. The van der Waals surface area contributed by atoms with Crippen molar-refractivity contribution >= 4 is 5.91 Å². The summed E-state index contributed by atoms with van der Waals surface area (Å²) in [5.41, 5.74) is 4.81. The van der Waals surface area contributed by atoms with E-state index in [0.717, 1.165) is 5.75 Å². The summed E-state index contributed by atoms with van der Waals surface area (Å²) in [6, 6.07) is 14.3. The van der Waals surface area contributed by atoms with Gasteiger partial charge in [-0.05, 0) is 57.4 Å². The van der Waals surface area contributed by atoms with Gasteiger partial charge in [0, 0.05) is 6.42 Å². The normalized spacial score (nSPS) is 11.8. The fourth-order valence-electron chi connectivity index (χ4n) is 2.68. The number of carbonyl (C=O) groups excluding carboxylic acids is 1. The van der Waals surface area contributed by atoms with Crippen LogP contribution in [0, 0.1) is 20.8 Å². The van der Waals surface area contributed by atoms with Gasteiger partial charge >= 0.3 is 0 Å². The Balaban J connectivity index is 1.74. The quantitative estimate of drug-likeness (QED) is 0.753. The lowest BCUT2D eigenvalue weighted by Crippen LogP contribution is -2.27. The number of aryl methyl sites for hydroxylation is 3. The van der Waals surface area contributed by atoms with Crippen LogP contribution in [0.15, 0.2) is 42.5 Å². The van der Waals surface area contributed by atoms with E-state index in [1.54, 1.807) is 0 Å². The molecule has 128 valence electrons. The van der Waals surface area contributed by atoms with Crippen molar-refractivity contribution in [2.45, 2.75) is 46.6 Å². The van der Waals surface area contributed by atoms with Crippen molar-refractivity contribution in [3.63, 3.8) is 0 Å². The van der Waals surface area contributed by atoms with Crippen molar-refractivity contribution in [1.29, 1.82) is 0 Å². The number of carbonyl (C=O) groups is 1. The van der Waals surface area contributed by atoms with Crippen molar-refractivity contribution in [2.75, 3.05) is 6.61 Å². The Morgan fingerprint density at radius 2 is 1.71 bits per heavy atom. The minimum absolute atomic E-state index is 0.0235. The summed E-state index contributed by atoms with van der Waals surface area (Å²) in [4.78, 5) is 12.1. The van der Waals surface area contributed by atoms with Gasteiger partial charge in [-0.1, -0.05) is 41.5 Å². The van der Waals surface area contributed by atoms with Gasteiger partial charge in [-0.2, -0.15) is 0 Å². The third kappa shape index (κ3) is 5.41. The SMILES string of the molecule is Cc1ccc(OCCCC(=O)N[C@@H](C)c2cc(C)ccc2C)cc1. The first-order valence-corrected chi connectivity index (χ1v) is 8.51. The molecular weight excluding hydrogens is 298 g/mol. The van der Waals surface area contributed by atoms with Gasteiger partial charge < -0.3 is 10.1 Å². The first-order valence-electron chi connectivity index (χ1n) is 8.51. The van der Waals surface area contributed by atoms with E-state index < -0.39 is 0 Å². The van der Waals surface area contributed by atoms with Gasteiger partial charge in [0.25, 0.3) is 0 Å². The molecule has 0 unspecified atom stereocenters. The van der Waals surface area contributed by atoms with Gasteiger partial charge in [-0.25, -0.2) is 0 Å². The minimum atomic E-state index is 0.0235. The van der Waals surface area contributed by atoms with Crippen molar-refractivity contribution in [3.05, 3.63) is 64.7 Å². The monoisotopic (exact) mass is 325 g/mol. The molecule has 0 aliphatic carbocycles. The van der Waals surface area contributed by atoms with Crippen LogP contribution in [0.3, 0.4) is 0 Å². The summed E-state index contributed by atoms with van der Waals surface area (Å²) in [5, 5.41) is 3.08. The van der Waals surface area contributed by atoms with E-state index in [1.165, 1.54) is 22.3 Å². The van der Waals surface area contributed by atoms with Crippen LogP contribution in [-0.2, 0) is 4.79 Å². The summed E-state index contributed by atoms with van der Waals surface area (Å²) in [7, 11) is 0. The Morgan fingerprint density at radius 3 is 2.42 bits per heavy atom. The molecule has 24 heavy (non-hydrogen) atoms. The molecule has 2 aromatic rings. The summed E-state index contributed by atoms with van der Waals surface area (Å²) in [6.45, 7) is 8.77. The second-order valence-corrected chi connectivity index (χ2v) is 6.41. The van der Waals surface area contributed by atoms with E-state index in [-0.39, 0.29) is 11.9 Å². The molecule has 0 fully saturated rings. The highest BCUT2D eigenvalue weighted by atomic mass is 16.5. The van der Waals surface area contributed by atoms with Crippen LogP contribution >= 0.6 is 0 Å². The number of rotatable bonds is 7. The molecule has 0 aliphatic heterocycles. The predicted octanol–water partition coefficient (Wildman–Crippen LogP) is 4.65. The highest BCUT2D eigenvalue weighted by Gasteiger charge is 2.11. The lowest BCUT2D eigenvalue weighted by Gasteiger charge is -2.17. The van der Waals surface area contributed by atoms with E-state index in [1.807, 2.05) is 38.1 Å². The summed E-state index contributed by atoms with van der Waals surface area (Å²) in [5.74, 6) is 0.917. The smallest absolute Gasteiger partial charge is 0.220 e. The number of benzene rings is 2. The molecule has 0 heterocycles. The summed E-state index contributed by atoms with van der Waals surface area (Å²) < 4.78 is 5.66. The molecule has 1 amide bonds. The van der Waals surface area contributed by atoms with Crippen molar-refractivity contribution in [2.24, 2.45) is 0 Å². The molecule has 3 heteroatoms. The second kappa shape index (κ2) is 8.53. The third-order valence-corrected chi connectivity index (χ3v) is 4.12. The largest absolute Gasteiger partial charge is 0.494 e. The third-order valence-electron chi connectivity index (χ3n) is 4.12. The fraction of sp³-hybridized carbons (Fsp3) is 0.381. The molecule has 3 nitrogen and oxygen atoms in total. The molecule has 0 bridgehead atoms. The van der Waals surface area contributed by atoms with Crippen LogP contribution in [0.1, 0.15) is 48.1 Å². The number of nitrogens with one attached hydrogen (secondary N) is 1. The number of hydrogen-bond acceptors (Lipinski definition) is 2. The number of ether oxygens (including phenoxy) is 1. The van der Waals surface area contributed by atoms with Crippen LogP contribution in [0.5, 0.6) is 5.75 Å². The van der Waals surface area contributed by atoms with Crippen LogP contribution in [0.4, 0.5) is 0 Å². The first kappa shape index (κ1) is 18.1. The average molecular weight is 325 g/mol. The second-order valence-electron chi connectivity index (χ2n) is 6.41. The number of hydrogen-bond donors (Lipinski definition) is 1. The Kier molecular flexibility index (Phi) is 6.42. The minimum Gasteiger partial charge on any atom is -0.494 e. The predicted molar refractivity (Wildman–Crippen MR) is 98.4 cm³/mol. The maximum absolute atomic E-state index is 12.1. The van der Waals surface area contributed by atoms with Crippen LogP contribution in [0.25, 0.3) is 0 Å². The van der Waals surface area contributed by atoms with Crippen LogP contribution < -0.4 is 10.1 Å². The lowest BCUT2D eigenvalue weighted by molar-refractivity contribution is -0.121. The fourth-order valence-corrected chi connectivity index (χ4v) is 2.68. The number of amides is 1. The molecule has 0 saturated heterocycles. The molecule has 0 aromatic heterocycles. The van der Waals surface area contributed by atoms with Gasteiger partial charge in [-0.3, -0.25) is 4.79 Å².